The molecule has 78 valence electrons. The summed E-state index contributed by atoms with van der Waals surface area (Å²) < 4.78 is 0. The van der Waals surface area contributed by atoms with E-state index in [0.717, 1.165) is 24.8 Å². The molecular weight excluding hydrogens is 186 g/mol. The zero-order chi connectivity index (χ0) is 10.9. The molecule has 0 bridgehead atoms. The fraction of sp³-hybridized carbons (Fsp3) is 0.462. The molecule has 2 unspecified atom stereocenters. The SMILES string of the molecule is CC1CCCC1(O)c1cccc(C#N)c1. The standard InChI is InChI=1S/C13H15NO/c1-10-4-3-7-13(10,15)12-6-2-5-11(8-12)9-14/h2,5-6,8,10,15H,3-4,7H2,1H3. The summed E-state index contributed by atoms with van der Waals surface area (Å²) in [7, 11) is 0. The van der Waals surface area contributed by atoms with Crippen molar-refractivity contribution < 1.29 is 5.11 Å². The van der Waals surface area contributed by atoms with Crippen LogP contribution in [-0.2, 0) is 5.60 Å². The van der Waals surface area contributed by atoms with Gasteiger partial charge in [-0.2, -0.15) is 5.26 Å². The molecule has 1 fully saturated rings. The Bertz CT molecular complexity index is 407. The normalized spacial score (nSPS) is 30.1. The van der Waals surface area contributed by atoms with Crippen LogP contribution in [0.2, 0.25) is 0 Å². The molecule has 1 saturated carbocycles. The van der Waals surface area contributed by atoms with Crippen LogP contribution in [0.3, 0.4) is 0 Å². The lowest BCUT2D eigenvalue weighted by Crippen LogP contribution is -2.28. The van der Waals surface area contributed by atoms with E-state index in [1.165, 1.54) is 0 Å². The topological polar surface area (TPSA) is 44.0 Å². The molecule has 1 N–H and O–H groups in total. The first-order chi connectivity index (χ1) is 7.16. The number of aliphatic hydroxyl groups is 1. The Morgan fingerprint density at radius 2 is 2.33 bits per heavy atom. The minimum atomic E-state index is -0.715. The van der Waals surface area contributed by atoms with Gasteiger partial charge in [0.1, 0.15) is 0 Å². The summed E-state index contributed by atoms with van der Waals surface area (Å²) in [5, 5.41) is 19.4. The number of nitriles is 1. The van der Waals surface area contributed by atoms with Gasteiger partial charge in [-0.15, -0.1) is 0 Å². The first-order valence-electron chi connectivity index (χ1n) is 5.40. The maximum absolute atomic E-state index is 10.5. The molecule has 2 atom stereocenters. The van der Waals surface area contributed by atoms with Crippen LogP contribution >= 0.6 is 0 Å². The van der Waals surface area contributed by atoms with Crippen molar-refractivity contribution in [3.05, 3.63) is 35.4 Å². The van der Waals surface area contributed by atoms with Gasteiger partial charge in [-0.25, -0.2) is 0 Å². The van der Waals surface area contributed by atoms with Gasteiger partial charge in [-0.1, -0.05) is 19.1 Å². The van der Waals surface area contributed by atoms with Crippen LogP contribution < -0.4 is 0 Å². The molecule has 0 aromatic heterocycles. The highest BCUT2D eigenvalue weighted by atomic mass is 16.3. The van der Waals surface area contributed by atoms with Crippen LogP contribution in [0.1, 0.15) is 37.3 Å². The Balaban J connectivity index is 2.41. The third-order valence-electron chi connectivity index (χ3n) is 3.50. The van der Waals surface area contributed by atoms with Crippen molar-refractivity contribution in [3.8, 4) is 6.07 Å². The van der Waals surface area contributed by atoms with Crippen molar-refractivity contribution in [1.82, 2.24) is 0 Å². The van der Waals surface area contributed by atoms with E-state index in [9.17, 15) is 5.11 Å². The zero-order valence-corrected chi connectivity index (χ0v) is 8.90. The van der Waals surface area contributed by atoms with Crippen molar-refractivity contribution >= 4 is 0 Å². The minimum absolute atomic E-state index is 0.284. The molecular formula is C13H15NO. The van der Waals surface area contributed by atoms with Gasteiger partial charge in [0.15, 0.2) is 0 Å². The lowest BCUT2D eigenvalue weighted by Gasteiger charge is -2.28. The molecule has 1 aliphatic carbocycles. The molecule has 0 radical (unpaired) electrons. The summed E-state index contributed by atoms with van der Waals surface area (Å²) in [4.78, 5) is 0. The van der Waals surface area contributed by atoms with Crippen LogP contribution in [0.15, 0.2) is 24.3 Å². The quantitative estimate of drug-likeness (QED) is 0.758. The van der Waals surface area contributed by atoms with Gasteiger partial charge < -0.3 is 5.11 Å². The smallest absolute Gasteiger partial charge is 0.0991 e. The number of hydrogen-bond donors (Lipinski definition) is 1. The summed E-state index contributed by atoms with van der Waals surface area (Å²) in [5.41, 5.74) is 0.805. The van der Waals surface area contributed by atoms with Gasteiger partial charge in [0.2, 0.25) is 0 Å². The minimum Gasteiger partial charge on any atom is -0.385 e. The van der Waals surface area contributed by atoms with Crippen LogP contribution in [-0.4, -0.2) is 5.11 Å². The Kier molecular flexibility index (Phi) is 2.50. The largest absolute Gasteiger partial charge is 0.385 e. The van der Waals surface area contributed by atoms with Gasteiger partial charge >= 0.3 is 0 Å². The number of nitrogens with zero attached hydrogens (tertiary/aromatic N) is 1. The van der Waals surface area contributed by atoms with Crippen molar-refractivity contribution in [1.29, 1.82) is 5.26 Å². The van der Waals surface area contributed by atoms with Crippen molar-refractivity contribution in [2.75, 3.05) is 0 Å². The van der Waals surface area contributed by atoms with Crippen LogP contribution in [0.25, 0.3) is 0 Å². The average molecular weight is 201 g/mol. The molecule has 0 amide bonds. The van der Waals surface area contributed by atoms with Gasteiger partial charge in [0.05, 0.1) is 17.2 Å². The highest BCUT2D eigenvalue weighted by molar-refractivity contribution is 5.36. The van der Waals surface area contributed by atoms with Crippen molar-refractivity contribution in [2.45, 2.75) is 31.8 Å². The van der Waals surface area contributed by atoms with E-state index in [0.29, 0.717) is 5.56 Å². The van der Waals surface area contributed by atoms with Crippen LogP contribution in [0.5, 0.6) is 0 Å². The molecule has 1 aromatic rings. The Morgan fingerprint density at radius 1 is 1.53 bits per heavy atom. The van der Waals surface area contributed by atoms with Crippen molar-refractivity contribution in [3.63, 3.8) is 0 Å². The second-order valence-corrected chi connectivity index (χ2v) is 4.41. The summed E-state index contributed by atoms with van der Waals surface area (Å²) >= 11 is 0. The fourth-order valence-corrected chi connectivity index (χ4v) is 2.45. The molecule has 2 heteroatoms. The van der Waals surface area contributed by atoms with E-state index in [4.69, 9.17) is 5.26 Å². The van der Waals surface area contributed by atoms with E-state index < -0.39 is 5.60 Å². The molecule has 0 aliphatic heterocycles. The monoisotopic (exact) mass is 201 g/mol. The average Bonchev–Trinajstić information content (AvgIpc) is 2.61. The van der Waals surface area contributed by atoms with Crippen molar-refractivity contribution in [2.24, 2.45) is 5.92 Å². The van der Waals surface area contributed by atoms with Gasteiger partial charge in [0, 0.05) is 0 Å². The molecule has 2 nitrogen and oxygen atoms in total. The van der Waals surface area contributed by atoms with Crippen LogP contribution in [0.4, 0.5) is 0 Å². The Morgan fingerprint density at radius 3 is 2.93 bits per heavy atom. The van der Waals surface area contributed by atoms with Gasteiger partial charge in [-0.05, 0) is 42.9 Å². The molecule has 0 heterocycles. The Labute approximate surface area is 90.2 Å². The lowest BCUT2D eigenvalue weighted by molar-refractivity contribution is 0.00447. The third kappa shape index (κ3) is 1.64. The molecule has 0 saturated heterocycles. The second-order valence-electron chi connectivity index (χ2n) is 4.41. The molecule has 15 heavy (non-hydrogen) atoms. The Hall–Kier alpha value is -1.33. The number of hydrogen-bond acceptors (Lipinski definition) is 2. The highest BCUT2D eigenvalue weighted by Crippen LogP contribution is 2.43. The summed E-state index contributed by atoms with van der Waals surface area (Å²) in [5.74, 6) is 0.284. The predicted octanol–water partition coefficient (Wildman–Crippen LogP) is 2.57. The first-order valence-corrected chi connectivity index (χ1v) is 5.40. The molecule has 2 rings (SSSR count). The summed E-state index contributed by atoms with van der Waals surface area (Å²) in [6.07, 6.45) is 2.94. The number of rotatable bonds is 1. The second kappa shape index (κ2) is 3.67. The van der Waals surface area contributed by atoms with Gasteiger partial charge in [0.25, 0.3) is 0 Å². The molecule has 1 aromatic carbocycles. The maximum Gasteiger partial charge on any atom is 0.0991 e. The van der Waals surface area contributed by atoms with Gasteiger partial charge in [-0.3, -0.25) is 0 Å². The molecule has 0 spiro atoms. The fourth-order valence-electron chi connectivity index (χ4n) is 2.45. The van der Waals surface area contributed by atoms with Crippen LogP contribution in [0, 0.1) is 17.2 Å². The maximum atomic E-state index is 10.5. The molecule has 1 aliphatic rings. The third-order valence-corrected chi connectivity index (χ3v) is 3.50. The lowest BCUT2D eigenvalue weighted by atomic mass is 9.84. The van der Waals surface area contributed by atoms with E-state index >= 15 is 0 Å². The summed E-state index contributed by atoms with van der Waals surface area (Å²) in [6, 6.07) is 9.45. The number of benzene rings is 1. The summed E-state index contributed by atoms with van der Waals surface area (Å²) in [6.45, 7) is 2.08. The zero-order valence-electron chi connectivity index (χ0n) is 8.90. The highest BCUT2D eigenvalue weighted by Gasteiger charge is 2.39. The predicted molar refractivity (Wildman–Crippen MR) is 58.1 cm³/mol. The van der Waals surface area contributed by atoms with E-state index in [1.807, 2.05) is 18.2 Å². The van der Waals surface area contributed by atoms with E-state index in [-0.39, 0.29) is 5.92 Å². The van der Waals surface area contributed by atoms with E-state index in [2.05, 4.69) is 13.0 Å². The van der Waals surface area contributed by atoms with E-state index in [1.54, 1.807) is 6.07 Å². The first kappa shape index (κ1) is 10.2.